The number of hydrogen-bond donors (Lipinski definition) is 2. The summed E-state index contributed by atoms with van der Waals surface area (Å²) in [6, 6.07) is 12.3. The molecule has 3 rings (SSSR count). The molecular formula is C21H18ClFN2O2S. The maximum Gasteiger partial charge on any atom is 0.303 e. The van der Waals surface area contributed by atoms with Gasteiger partial charge in [-0.2, -0.15) is 0 Å². The molecule has 0 aliphatic rings. The topological polar surface area (TPSA) is 62.2 Å². The van der Waals surface area contributed by atoms with Crippen molar-refractivity contribution >= 4 is 35.2 Å². The van der Waals surface area contributed by atoms with Gasteiger partial charge in [-0.25, -0.2) is 4.39 Å². The first-order chi connectivity index (χ1) is 13.4. The first-order valence-corrected chi connectivity index (χ1v) is 9.76. The van der Waals surface area contributed by atoms with Gasteiger partial charge in [0.1, 0.15) is 5.82 Å². The molecule has 2 N–H and O–H groups in total. The lowest BCUT2D eigenvalue weighted by Gasteiger charge is -2.14. The van der Waals surface area contributed by atoms with Gasteiger partial charge in [-0.15, -0.1) is 0 Å². The number of aryl methyl sites for hydroxylation is 2. The van der Waals surface area contributed by atoms with Crippen LogP contribution in [0.1, 0.15) is 17.5 Å². The maximum absolute atomic E-state index is 14.6. The molecule has 144 valence electrons. The Morgan fingerprint density at radius 2 is 1.96 bits per heavy atom. The van der Waals surface area contributed by atoms with Gasteiger partial charge in [0.05, 0.1) is 5.69 Å². The van der Waals surface area contributed by atoms with Crippen LogP contribution in [0.4, 0.5) is 10.1 Å². The number of pyridine rings is 1. The van der Waals surface area contributed by atoms with Crippen molar-refractivity contribution in [2.45, 2.75) is 24.7 Å². The van der Waals surface area contributed by atoms with Crippen molar-refractivity contribution < 1.29 is 14.3 Å². The van der Waals surface area contributed by atoms with Crippen LogP contribution in [0.5, 0.6) is 0 Å². The average Bonchev–Trinajstić information content (AvgIpc) is 2.65. The molecule has 0 aliphatic carbocycles. The van der Waals surface area contributed by atoms with Crippen molar-refractivity contribution in [1.29, 1.82) is 0 Å². The third-order valence-electron chi connectivity index (χ3n) is 4.07. The van der Waals surface area contributed by atoms with Crippen molar-refractivity contribution in [3.63, 3.8) is 0 Å². The Labute approximate surface area is 171 Å². The van der Waals surface area contributed by atoms with E-state index >= 15 is 0 Å². The van der Waals surface area contributed by atoms with E-state index in [2.05, 4.69) is 9.71 Å². The van der Waals surface area contributed by atoms with Crippen molar-refractivity contribution in [3.05, 3.63) is 76.8 Å². The van der Waals surface area contributed by atoms with Crippen molar-refractivity contribution in [2.24, 2.45) is 0 Å². The third kappa shape index (κ3) is 5.24. The SMILES string of the molecule is Cc1cncc(SNc2c(F)cc(Cl)cc2-c2ccc(CCC(=O)O)cc2)c1. The van der Waals surface area contributed by atoms with Crippen LogP contribution in [0.15, 0.2) is 59.8 Å². The zero-order chi connectivity index (χ0) is 20.1. The molecule has 7 heteroatoms. The molecule has 28 heavy (non-hydrogen) atoms. The lowest BCUT2D eigenvalue weighted by molar-refractivity contribution is -0.136. The van der Waals surface area contributed by atoms with E-state index in [9.17, 15) is 9.18 Å². The van der Waals surface area contributed by atoms with Gasteiger partial charge in [-0.1, -0.05) is 35.9 Å². The smallest absolute Gasteiger partial charge is 0.303 e. The first kappa shape index (κ1) is 20.2. The van der Waals surface area contributed by atoms with E-state index < -0.39 is 11.8 Å². The minimum Gasteiger partial charge on any atom is -0.481 e. The van der Waals surface area contributed by atoms with E-state index in [0.717, 1.165) is 21.6 Å². The Morgan fingerprint density at radius 1 is 1.21 bits per heavy atom. The summed E-state index contributed by atoms with van der Waals surface area (Å²) in [5, 5.41) is 9.10. The highest BCUT2D eigenvalue weighted by Gasteiger charge is 2.13. The number of anilines is 1. The molecule has 0 atom stereocenters. The van der Waals surface area contributed by atoms with E-state index in [1.165, 1.54) is 18.0 Å². The number of aromatic nitrogens is 1. The molecule has 0 unspecified atom stereocenters. The summed E-state index contributed by atoms with van der Waals surface area (Å²) in [6.45, 7) is 1.94. The van der Waals surface area contributed by atoms with Crippen LogP contribution in [0.2, 0.25) is 5.02 Å². The molecule has 0 fully saturated rings. The molecule has 0 amide bonds. The summed E-state index contributed by atoms with van der Waals surface area (Å²) in [5.74, 6) is -1.29. The van der Waals surface area contributed by atoms with Crippen LogP contribution in [0.25, 0.3) is 11.1 Å². The fourth-order valence-electron chi connectivity index (χ4n) is 2.70. The van der Waals surface area contributed by atoms with Gasteiger partial charge in [-0.05, 0) is 60.2 Å². The number of carbonyl (C=O) groups is 1. The number of nitrogens with zero attached hydrogens (tertiary/aromatic N) is 1. The largest absolute Gasteiger partial charge is 0.481 e. The number of halogens is 2. The highest BCUT2D eigenvalue weighted by atomic mass is 35.5. The molecular weight excluding hydrogens is 399 g/mol. The molecule has 0 aliphatic heterocycles. The summed E-state index contributed by atoms with van der Waals surface area (Å²) < 4.78 is 17.7. The Morgan fingerprint density at radius 3 is 2.64 bits per heavy atom. The Bertz CT molecular complexity index is 996. The molecule has 0 spiro atoms. The fourth-order valence-corrected chi connectivity index (χ4v) is 3.69. The predicted octanol–water partition coefficient (Wildman–Crippen LogP) is 5.99. The molecule has 1 heterocycles. The Balaban J connectivity index is 1.86. The predicted molar refractivity (Wildman–Crippen MR) is 111 cm³/mol. The van der Waals surface area contributed by atoms with Gasteiger partial charge in [0.15, 0.2) is 0 Å². The van der Waals surface area contributed by atoms with Crippen LogP contribution in [0.3, 0.4) is 0 Å². The number of carboxylic acids is 1. The van der Waals surface area contributed by atoms with Crippen molar-refractivity contribution in [1.82, 2.24) is 4.98 Å². The van der Waals surface area contributed by atoms with E-state index in [0.29, 0.717) is 22.7 Å². The van der Waals surface area contributed by atoms with Gasteiger partial charge in [-0.3, -0.25) is 9.78 Å². The number of hydrogen-bond acceptors (Lipinski definition) is 4. The van der Waals surface area contributed by atoms with Crippen molar-refractivity contribution in [3.8, 4) is 11.1 Å². The Hall–Kier alpha value is -2.57. The van der Waals surface area contributed by atoms with Gasteiger partial charge < -0.3 is 9.83 Å². The molecule has 1 aromatic heterocycles. The number of carboxylic acid groups (broad SMARTS) is 1. The summed E-state index contributed by atoms with van der Waals surface area (Å²) in [6.07, 6.45) is 3.97. The fraction of sp³-hybridized carbons (Fsp3) is 0.143. The second kappa shape index (κ2) is 9.08. The summed E-state index contributed by atoms with van der Waals surface area (Å²) in [7, 11) is 0. The second-order valence-electron chi connectivity index (χ2n) is 6.30. The lowest BCUT2D eigenvalue weighted by atomic mass is 10.0. The summed E-state index contributed by atoms with van der Waals surface area (Å²) in [4.78, 5) is 15.7. The number of aliphatic carboxylic acids is 1. The molecule has 3 aromatic rings. The molecule has 2 aromatic carbocycles. The maximum atomic E-state index is 14.6. The standard InChI is InChI=1S/C21H18ClFN2O2S/c1-13-8-17(12-24-11-13)28-25-21-18(9-16(22)10-19(21)23)15-5-2-14(3-6-15)4-7-20(26)27/h2-3,5-6,8-12,25H,4,7H2,1H3,(H,26,27). The number of nitrogens with one attached hydrogen (secondary N) is 1. The number of benzene rings is 2. The number of rotatable bonds is 7. The van der Waals surface area contributed by atoms with E-state index in [4.69, 9.17) is 16.7 Å². The van der Waals surface area contributed by atoms with Crippen LogP contribution in [0, 0.1) is 12.7 Å². The molecule has 0 saturated carbocycles. The third-order valence-corrected chi connectivity index (χ3v) is 5.05. The highest BCUT2D eigenvalue weighted by Crippen LogP contribution is 2.36. The monoisotopic (exact) mass is 416 g/mol. The Kier molecular flexibility index (Phi) is 6.54. The second-order valence-corrected chi connectivity index (χ2v) is 7.62. The normalized spacial score (nSPS) is 10.7. The lowest BCUT2D eigenvalue weighted by Crippen LogP contribution is -1.98. The quantitative estimate of drug-likeness (QED) is 0.463. The van der Waals surface area contributed by atoms with E-state index in [-0.39, 0.29) is 6.42 Å². The zero-order valence-electron chi connectivity index (χ0n) is 15.1. The molecule has 4 nitrogen and oxygen atoms in total. The van der Waals surface area contributed by atoms with Crippen molar-refractivity contribution in [2.75, 3.05) is 4.72 Å². The van der Waals surface area contributed by atoms with Gasteiger partial charge in [0.2, 0.25) is 0 Å². The van der Waals surface area contributed by atoms with Gasteiger partial charge in [0, 0.05) is 34.3 Å². The van der Waals surface area contributed by atoms with Crippen LogP contribution >= 0.6 is 23.5 Å². The minimum absolute atomic E-state index is 0.0686. The van der Waals surface area contributed by atoms with Crippen LogP contribution in [-0.2, 0) is 11.2 Å². The molecule has 0 bridgehead atoms. The van der Waals surface area contributed by atoms with Gasteiger partial charge in [0.25, 0.3) is 0 Å². The van der Waals surface area contributed by atoms with E-state index in [1.54, 1.807) is 18.5 Å². The van der Waals surface area contributed by atoms with E-state index in [1.807, 2.05) is 37.3 Å². The summed E-state index contributed by atoms with van der Waals surface area (Å²) in [5.41, 5.74) is 3.66. The highest BCUT2D eigenvalue weighted by molar-refractivity contribution is 8.00. The van der Waals surface area contributed by atoms with Crippen LogP contribution < -0.4 is 4.72 Å². The zero-order valence-corrected chi connectivity index (χ0v) is 16.6. The molecule has 0 radical (unpaired) electrons. The molecule has 0 saturated heterocycles. The summed E-state index contributed by atoms with van der Waals surface area (Å²) >= 11 is 7.35. The first-order valence-electron chi connectivity index (χ1n) is 8.57. The van der Waals surface area contributed by atoms with Gasteiger partial charge >= 0.3 is 5.97 Å². The van der Waals surface area contributed by atoms with Crippen LogP contribution in [-0.4, -0.2) is 16.1 Å². The average molecular weight is 417 g/mol. The minimum atomic E-state index is -0.838.